The van der Waals surface area contributed by atoms with Crippen LogP contribution in [0.5, 0.6) is 0 Å². The Morgan fingerprint density at radius 3 is 2.21 bits per heavy atom. The Morgan fingerprint density at radius 2 is 1.63 bits per heavy atom. The van der Waals surface area contributed by atoms with Gasteiger partial charge >= 0.3 is 0 Å². The third kappa shape index (κ3) is 3.42. The highest BCUT2D eigenvalue weighted by atomic mass is 16.5. The van der Waals surface area contributed by atoms with Gasteiger partial charge in [-0.1, -0.05) is 60.7 Å². The van der Waals surface area contributed by atoms with Gasteiger partial charge in [0.2, 0.25) is 6.41 Å². The van der Waals surface area contributed by atoms with Crippen molar-refractivity contribution in [2.24, 2.45) is 0 Å². The fourth-order valence-electron chi connectivity index (χ4n) is 1.79. The van der Waals surface area contributed by atoms with Crippen molar-refractivity contribution < 1.29 is 9.53 Å². The summed E-state index contributed by atoms with van der Waals surface area (Å²) in [5.74, 6) is 0. The molecule has 0 aliphatic carbocycles. The molecule has 0 aliphatic heterocycles. The summed E-state index contributed by atoms with van der Waals surface area (Å²) in [5, 5.41) is 2.63. The highest BCUT2D eigenvalue weighted by Crippen LogP contribution is 2.22. The van der Waals surface area contributed by atoms with Crippen molar-refractivity contribution in [1.82, 2.24) is 5.32 Å². The Balaban J connectivity index is 2.14. The average Bonchev–Trinajstić information content (AvgIpc) is 2.48. The van der Waals surface area contributed by atoms with Crippen LogP contribution in [-0.4, -0.2) is 6.41 Å². The van der Waals surface area contributed by atoms with E-state index in [-0.39, 0.29) is 0 Å². The highest BCUT2D eigenvalue weighted by Gasteiger charge is 2.26. The third-order valence-corrected chi connectivity index (χ3v) is 2.86. The van der Waals surface area contributed by atoms with E-state index in [4.69, 9.17) is 4.74 Å². The number of nitrogens with one attached hydrogen (secondary N) is 1. The number of carbonyl (C=O) groups excluding carboxylic acids is 1. The topological polar surface area (TPSA) is 38.3 Å². The summed E-state index contributed by atoms with van der Waals surface area (Å²) < 4.78 is 5.79. The van der Waals surface area contributed by atoms with Gasteiger partial charge in [0, 0.05) is 12.5 Å². The van der Waals surface area contributed by atoms with Crippen LogP contribution in [0.2, 0.25) is 0 Å². The van der Waals surface area contributed by atoms with Crippen LogP contribution in [0, 0.1) is 6.92 Å². The second-order valence-electron chi connectivity index (χ2n) is 4.23. The zero-order chi connectivity index (χ0) is 13.6. The molecule has 2 aromatic carbocycles. The van der Waals surface area contributed by atoms with Gasteiger partial charge in [-0.15, -0.1) is 0 Å². The fourth-order valence-corrected chi connectivity index (χ4v) is 1.79. The van der Waals surface area contributed by atoms with Gasteiger partial charge in [-0.2, -0.15) is 0 Å². The molecular formula is C16H16NO2. The molecule has 0 bridgehead atoms. The van der Waals surface area contributed by atoms with Crippen LogP contribution in [0.3, 0.4) is 0 Å². The number of carbonyl (C=O) groups is 1. The van der Waals surface area contributed by atoms with Crippen LogP contribution in [0.4, 0.5) is 0 Å². The summed E-state index contributed by atoms with van der Waals surface area (Å²) in [5.41, 5.74) is 0.760. The maximum absolute atomic E-state index is 10.8. The zero-order valence-corrected chi connectivity index (χ0v) is 10.6. The average molecular weight is 254 g/mol. The Kier molecular flexibility index (Phi) is 4.31. The molecule has 2 rings (SSSR count). The minimum absolute atomic E-state index is 0.375. The lowest BCUT2D eigenvalue weighted by Gasteiger charge is -2.29. The molecule has 1 unspecified atom stereocenters. The lowest BCUT2D eigenvalue weighted by atomic mass is 10.0. The van der Waals surface area contributed by atoms with Crippen LogP contribution < -0.4 is 5.32 Å². The smallest absolute Gasteiger partial charge is 0.209 e. The molecule has 1 radical (unpaired) electrons. The molecule has 3 heteroatoms. The second-order valence-corrected chi connectivity index (χ2v) is 4.23. The highest BCUT2D eigenvalue weighted by molar-refractivity contribution is 5.49. The standard InChI is InChI=1S/C16H16NO2/c1-16(17-13-18,15-10-6-3-7-11-15)19-12-14-8-4-2-5-9-14/h2-11,13H,1,12H2,(H,17,18). The van der Waals surface area contributed by atoms with Gasteiger partial charge in [-0.25, -0.2) is 0 Å². The molecule has 0 fully saturated rings. The molecule has 0 saturated heterocycles. The molecule has 0 spiro atoms. The van der Waals surface area contributed by atoms with Crippen LogP contribution >= 0.6 is 0 Å². The summed E-state index contributed by atoms with van der Waals surface area (Å²) in [6, 6.07) is 19.2. The van der Waals surface area contributed by atoms with Crippen molar-refractivity contribution in [1.29, 1.82) is 0 Å². The number of rotatable bonds is 6. The molecule has 1 amide bonds. The monoisotopic (exact) mass is 254 g/mol. The first kappa shape index (κ1) is 13.3. The van der Waals surface area contributed by atoms with E-state index in [1.165, 1.54) is 0 Å². The first-order chi connectivity index (χ1) is 9.24. The van der Waals surface area contributed by atoms with Gasteiger partial charge in [0.15, 0.2) is 5.72 Å². The van der Waals surface area contributed by atoms with Crippen LogP contribution in [-0.2, 0) is 21.9 Å². The zero-order valence-electron chi connectivity index (χ0n) is 10.6. The van der Waals surface area contributed by atoms with E-state index in [9.17, 15) is 4.79 Å². The molecule has 0 saturated carbocycles. The first-order valence-electron chi connectivity index (χ1n) is 6.05. The minimum atomic E-state index is -1.07. The van der Waals surface area contributed by atoms with Crippen LogP contribution in [0.25, 0.3) is 0 Å². The predicted molar refractivity (Wildman–Crippen MR) is 73.9 cm³/mol. The SMILES string of the molecule is [CH2]C(NC=O)(OCc1ccccc1)c1ccccc1. The largest absolute Gasteiger partial charge is 0.347 e. The molecule has 0 aromatic heterocycles. The molecule has 19 heavy (non-hydrogen) atoms. The van der Waals surface area contributed by atoms with Gasteiger partial charge in [0.05, 0.1) is 6.61 Å². The number of hydrogen-bond donors (Lipinski definition) is 1. The van der Waals surface area contributed by atoms with Crippen molar-refractivity contribution in [2.75, 3.05) is 0 Å². The fraction of sp³-hybridized carbons (Fsp3) is 0.125. The summed E-state index contributed by atoms with van der Waals surface area (Å²) >= 11 is 0. The van der Waals surface area contributed by atoms with Crippen LogP contribution in [0.1, 0.15) is 11.1 Å². The Hall–Kier alpha value is -2.13. The Bertz CT molecular complexity index is 513. The van der Waals surface area contributed by atoms with Crippen molar-refractivity contribution in [3.63, 3.8) is 0 Å². The van der Waals surface area contributed by atoms with Crippen molar-refractivity contribution in [3.05, 3.63) is 78.7 Å². The molecule has 2 aromatic rings. The summed E-state index contributed by atoms with van der Waals surface area (Å²) in [4.78, 5) is 10.8. The molecular weight excluding hydrogens is 238 g/mol. The number of benzene rings is 2. The van der Waals surface area contributed by atoms with E-state index in [0.717, 1.165) is 11.1 Å². The van der Waals surface area contributed by atoms with E-state index in [1.807, 2.05) is 60.7 Å². The Morgan fingerprint density at radius 1 is 1.05 bits per heavy atom. The van der Waals surface area contributed by atoms with Gasteiger partial charge in [-0.05, 0) is 5.56 Å². The van der Waals surface area contributed by atoms with Crippen molar-refractivity contribution in [3.8, 4) is 0 Å². The van der Waals surface area contributed by atoms with Gasteiger partial charge in [-0.3, -0.25) is 4.79 Å². The number of hydrogen-bond acceptors (Lipinski definition) is 2. The normalized spacial score (nSPS) is 13.5. The quantitative estimate of drug-likeness (QED) is 0.635. The van der Waals surface area contributed by atoms with E-state index in [2.05, 4.69) is 12.2 Å². The molecule has 1 atom stereocenters. The maximum atomic E-state index is 10.8. The van der Waals surface area contributed by atoms with Crippen LogP contribution in [0.15, 0.2) is 60.7 Å². The molecule has 3 nitrogen and oxygen atoms in total. The molecule has 0 aliphatic rings. The second kappa shape index (κ2) is 6.16. The van der Waals surface area contributed by atoms with Gasteiger partial charge in [0.1, 0.15) is 0 Å². The number of amides is 1. The van der Waals surface area contributed by atoms with Crippen molar-refractivity contribution >= 4 is 6.41 Å². The summed E-state index contributed by atoms with van der Waals surface area (Å²) in [7, 11) is 0. The van der Waals surface area contributed by atoms with E-state index < -0.39 is 5.72 Å². The summed E-state index contributed by atoms with van der Waals surface area (Å²) in [6.45, 7) is 4.36. The van der Waals surface area contributed by atoms with E-state index in [1.54, 1.807) is 0 Å². The van der Waals surface area contributed by atoms with Gasteiger partial charge < -0.3 is 10.1 Å². The van der Waals surface area contributed by atoms with E-state index in [0.29, 0.717) is 13.0 Å². The molecule has 0 heterocycles. The molecule has 97 valence electrons. The number of ether oxygens (including phenoxy) is 1. The minimum Gasteiger partial charge on any atom is -0.347 e. The maximum Gasteiger partial charge on any atom is 0.209 e. The van der Waals surface area contributed by atoms with Gasteiger partial charge in [0.25, 0.3) is 0 Å². The summed E-state index contributed by atoms with van der Waals surface area (Å²) in [6.07, 6.45) is 0.602. The lowest BCUT2D eigenvalue weighted by molar-refractivity contribution is -0.120. The third-order valence-electron chi connectivity index (χ3n) is 2.86. The predicted octanol–water partition coefficient (Wildman–Crippen LogP) is 2.64. The van der Waals surface area contributed by atoms with E-state index >= 15 is 0 Å². The molecule has 1 N–H and O–H groups in total. The lowest BCUT2D eigenvalue weighted by Crippen LogP contribution is -2.41. The van der Waals surface area contributed by atoms with Crippen molar-refractivity contribution in [2.45, 2.75) is 12.3 Å². The Labute approximate surface area is 113 Å². The first-order valence-corrected chi connectivity index (χ1v) is 6.05.